The normalized spacial score (nSPS) is 13.9. The van der Waals surface area contributed by atoms with Crippen LogP contribution in [0.3, 0.4) is 0 Å². The quantitative estimate of drug-likeness (QED) is 0.592. The first-order chi connectivity index (χ1) is 14.9. The van der Waals surface area contributed by atoms with Crippen LogP contribution < -0.4 is 10.2 Å². The number of carbonyl (C=O) groups excluding carboxylic acids is 1. The first-order valence-electron chi connectivity index (χ1n) is 10.1. The van der Waals surface area contributed by atoms with E-state index in [1.54, 1.807) is 18.2 Å². The number of nitrogens with zero attached hydrogens (tertiary/aromatic N) is 4. The highest BCUT2D eigenvalue weighted by Gasteiger charge is 2.24. The maximum absolute atomic E-state index is 12.9. The molecule has 0 bridgehead atoms. The number of aromatic nitrogens is 2. The summed E-state index contributed by atoms with van der Waals surface area (Å²) >= 11 is 12.2. The highest BCUT2D eigenvalue weighted by atomic mass is 35.5. The van der Waals surface area contributed by atoms with E-state index in [1.165, 1.54) is 5.56 Å². The second-order valence-corrected chi connectivity index (χ2v) is 8.43. The summed E-state index contributed by atoms with van der Waals surface area (Å²) in [6.07, 6.45) is 0. The lowest BCUT2D eigenvalue weighted by molar-refractivity contribution is 0.0746. The van der Waals surface area contributed by atoms with Gasteiger partial charge >= 0.3 is 0 Å². The van der Waals surface area contributed by atoms with Crippen LogP contribution in [0.5, 0.6) is 0 Å². The maximum atomic E-state index is 12.9. The fourth-order valence-corrected chi connectivity index (χ4v) is 4.00. The van der Waals surface area contributed by atoms with Gasteiger partial charge in [0.1, 0.15) is 5.82 Å². The van der Waals surface area contributed by atoms with Gasteiger partial charge in [-0.1, -0.05) is 40.9 Å². The van der Waals surface area contributed by atoms with Crippen molar-refractivity contribution in [3.63, 3.8) is 0 Å². The summed E-state index contributed by atoms with van der Waals surface area (Å²) in [6, 6.07) is 15.0. The summed E-state index contributed by atoms with van der Waals surface area (Å²) in [6.45, 7) is 6.53. The van der Waals surface area contributed by atoms with Crippen molar-refractivity contribution in [1.29, 1.82) is 0 Å². The SMILES string of the molecule is Cc1ccc(Nc2nc(C)cc(N3CCN(C(=O)c4ccc(Cl)cc4Cl)CC3)n2)cc1. The van der Waals surface area contributed by atoms with Crippen LogP contribution in [0.2, 0.25) is 10.0 Å². The summed E-state index contributed by atoms with van der Waals surface area (Å²) in [5.41, 5.74) is 3.49. The Morgan fingerprint density at radius 2 is 1.65 bits per heavy atom. The summed E-state index contributed by atoms with van der Waals surface area (Å²) in [5, 5.41) is 4.16. The summed E-state index contributed by atoms with van der Waals surface area (Å²) in [5.74, 6) is 1.32. The van der Waals surface area contributed by atoms with E-state index < -0.39 is 0 Å². The molecule has 1 amide bonds. The lowest BCUT2D eigenvalue weighted by Crippen LogP contribution is -2.49. The van der Waals surface area contributed by atoms with Gasteiger partial charge in [0.15, 0.2) is 0 Å². The van der Waals surface area contributed by atoms with Gasteiger partial charge in [0.2, 0.25) is 5.95 Å². The van der Waals surface area contributed by atoms with E-state index in [0.717, 1.165) is 17.2 Å². The second kappa shape index (κ2) is 9.12. The van der Waals surface area contributed by atoms with Crippen LogP contribution in [0.15, 0.2) is 48.5 Å². The van der Waals surface area contributed by atoms with Crippen LogP contribution >= 0.6 is 23.2 Å². The van der Waals surface area contributed by atoms with Crippen molar-refractivity contribution in [3.8, 4) is 0 Å². The lowest BCUT2D eigenvalue weighted by atomic mass is 10.1. The predicted molar refractivity (Wildman–Crippen MR) is 126 cm³/mol. The highest BCUT2D eigenvalue weighted by molar-refractivity contribution is 6.36. The highest BCUT2D eigenvalue weighted by Crippen LogP contribution is 2.24. The van der Waals surface area contributed by atoms with Crippen molar-refractivity contribution in [2.24, 2.45) is 0 Å². The fraction of sp³-hybridized carbons (Fsp3) is 0.261. The van der Waals surface area contributed by atoms with E-state index in [0.29, 0.717) is 47.7 Å². The molecular weight excluding hydrogens is 433 g/mol. The minimum absolute atomic E-state index is 0.0816. The Morgan fingerprint density at radius 1 is 0.935 bits per heavy atom. The van der Waals surface area contributed by atoms with E-state index in [9.17, 15) is 4.79 Å². The predicted octanol–water partition coefficient (Wildman–Crippen LogP) is 5.11. The summed E-state index contributed by atoms with van der Waals surface area (Å²) < 4.78 is 0. The lowest BCUT2D eigenvalue weighted by Gasteiger charge is -2.35. The molecule has 0 radical (unpaired) electrons. The zero-order chi connectivity index (χ0) is 22.0. The second-order valence-electron chi connectivity index (χ2n) is 7.59. The van der Waals surface area contributed by atoms with Gasteiger partial charge in [-0.2, -0.15) is 4.98 Å². The molecule has 1 fully saturated rings. The minimum atomic E-state index is -0.0816. The van der Waals surface area contributed by atoms with Gasteiger partial charge in [-0.15, -0.1) is 0 Å². The number of nitrogens with one attached hydrogen (secondary N) is 1. The maximum Gasteiger partial charge on any atom is 0.255 e. The van der Waals surface area contributed by atoms with Gasteiger partial charge < -0.3 is 15.1 Å². The number of benzene rings is 2. The summed E-state index contributed by atoms with van der Waals surface area (Å²) in [7, 11) is 0. The minimum Gasteiger partial charge on any atom is -0.353 e. The molecule has 3 aromatic rings. The molecule has 0 saturated carbocycles. The van der Waals surface area contributed by atoms with E-state index >= 15 is 0 Å². The Morgan fingerprint density at radius 3 is 2.32 bits per heavy atom. The van der Waals surface area contributed by atoms with Crippen LogP contribution in [0.25, 0.3) is 0 Å². The molecule has 31 heavy (non-hydrogen) atoms. The van der Waals surface area contributed by atoms with Crippen molar-refractivity contribution in [2.45, 2.75) is 13.8 Å². The number of rotatable bonds is 4. The monoisotopic (exact) mass is 455 g/mol. The van der Waals surface area contributed by atoms with Crippen LogP contribution in [0.4, 0.5) is 17.5 Å². The van der Waals surface area contributed by atoms with Crippen LogP contribution in [0, 0.1) is 13.8 Å². The first kappa shape index (κ1) is 21.4. The number of amides is 1. The molecule has 160 valence electrons. The number of anilines is 3. The van der Waals surface area contributed by atoms with Crippen molar-refractivity contribution in [3.05, 3.63) is 75.4 Å². The van der Waals surface area contributed by atoms with E-state index in [-0.39, 0.29) is 5.91 Å². The number of hydrogen-bond donors (Lipinski definition) is 1. The molecule has 6 nitrogen and oxygen atoms in total. The topological polar surface area (TPSA) is 61.4 Å². The molecule has 2 heterocycles. The zero-order valence-electron chi connectivity index (χ0n) is 17.4. The van der Waals surface area contributed by atoms with Gasteiger partial charge in [-0.3, -0.25) is 4.79 Å². The molecule has 8 heteroatoms. The number of hydrogen-bond acceptors (Lipinski definition) is 5. The molecule has 0 spiro atoms. The standard InChI is InChI=1S/C23H23Cl2N5O/c1-15-3-6-18(7-4-15)27-23-26-16(2)13-21(28-23)29-9-11-30(12-10-29)22(31)19-8-5-17(24)14-20(19)25/h3-8,13-14H,9-12H2,1-2H3,(H,26,27,28). The smallest absolute Gasteiger partial charge is 0.255 e. The number of carbonyl (C=O) groups is 1. The van der Waals surface area contributed by atoms with Crippen molar-refractivity contribution in [1.82, 2.24) is 14.9 Å². The molecule has 1 aromatic heterocycles. The third kappa shape index (κ3) is 5.09. The van der Waals surface area contributed by atoms with Crippen LogP contribution in [0.1, 0.15) is 21.6 Å². The third-order valence-corrected chi connectivity index (χ3v) is 5.75. The Labute approximate surface area is 191 Å². The largest absolute Gasteiger partial charge is 0.353 e. The third-order valence-electron chi connectivity index (χ3n) is 5.20. The average molecular weight is 456 g/mol. The zero-order valence-corrected chi connectivity index (χ0v) is 18.9. The Balaban J connectivity index is 1.44. The molecule has 0 unspecified atom stereocenters. The van der Waals surface area contributed by atoms with Gasteiger partial charge in [-0.05, 0) is 44.2 Å². The van der Waals surface area contributed by atoms with Crippen molar-refractivity contribution in [2.75, 3.05) is 36.4 Å². The number of aryl methyl sites for hydroxylation is 2. The molecular formula is C23H23Cl2N5O. The molecule has 1 aliphatic rings. The first-order valence-corrected chi connectivity index (χ1v) is 10.8. The molecule has 1 aliphatic heterocycles. The average Bonchev–Trinajstić information content (AvgIpc) is 2.75. The van der Waals surface area contributed by atoms with Gasteiger partial charge in [0, 0.05) is 48.6 Å². The molecule has 0 atom stereocenters. The van der Waals surface area contributed by atoms with Gasteiger partial charge in [-0.25, -0.2) is 4.98 Å². The van der Waals surface area contributed by atoms with E-state index in [4.69, 9.17) is 28.2 Å². The molecule has 4 rings (SSSR count). The Kier molecular flexibility index (Phi) is 6.30. The summed E-state index contributed by atoms with van der Waals surface area (Å²) in [4.78, 5) is 26.0. The van der Waals surface area contributed by atoms with Crippen LogP contribution in [-0.2, 0) is 0 Å². The van der Waals surface area contributed by atoms with Gasteiger partial charge in [0.05, 0.1) is 10.6 Å². The molecule has 2 aromatic carbocycles. The molecule has 1 N–H and O–H groups in total. The number of piperazine rings is 1. The number of halogens is 2. The van der Waals surface area contributed by atoms with E-state index in [1.807, 2.05) is 42.2 Å². The van der Waals surface area contributed by atoms with E-state index in [2.05, 4.69) is 22.1 Å². The molecule has 1 saturated heterocycles. The Bertz CT molecular complexity index is 1100. The van der Waals surface area contributed by atoms with Crippen molar-refractivity contribution >= 4 is 46.6 Å². The molecule has 0 aliphatic carbocycles. The van der Waals surface area contributed by atoms with Gasteiger partial charge in [0.25, 0.3) is 5.91 Å². The van der Waals surface area contributed by atoms with Crippen molar-refractivity contribution < 1.29 is 4.79 Å². The Hall–Kier alpha value is -2.83. The fourth-order valence-electron chi connectivity index (χ4n) is 3.51. The van der Waals surface area contributed by atoms with Crippen LogP contribution in [-0.4, -0.2) is 47.0 Å².